The molecule has 4 heteroatoms. The molecule has 0 radical (unpaired) electrons. The molecule has 1 amide bonds. The summed E-state index contributed by atoms with van der Waals surface area (Å²) in [6, 6.07) is 19.3. The number of hydrogen-bond acceptors (Lipinski definition) is 2. The second-order valence-electron chi connectivity index (χ2n) is 4.62. The summed E-state index contributed by atoms with van der Waals surface area (Å²) in [5.41, 5.74) is 0.758. The van der Waals surface area contributed by atoms with Crippen molar-refractivity contribution in [1.29, 1.82) is 0 Å². The Labute approximate surface area is 128 Å². The van der Waals surface area contributed by atoms with Gasteiger partial charge in [-0.25, -0.2) is 0 Å². The van der Waals surface area contributed by atoms with Gasteiger partial charge in [0.25, 0.3) is 0 Å². The summed E-state index contributed by atoms with van der Waals surface area (Å²) < 4.78 is 0. The summed E-state index contributed by atoms with van der Waals surface area (Å²) in [6.45, 7) is 1.74. The second kappa shape index (κ2) is 6.82. The van der Waals surface area contributed by atoms with E-state index in [4.69, 9.17) is 11.6 Å². The van der Waals surface area contributed by atoms with Gasteiger partial charge in [-0.2, -0.15) is 0 Å². The Morgan fingerprint density at radius 1 is 1.10 bits per heavy atom. The summed E-state index contributed by atoms with van der Waals surface area (Å²) in [6.07, 6.45) is 0. The number of carbonyl (C=O) groups is 1. The lowest BCUT2D eigenvalue weighted by molar-refractivity contribution is -0.117. The minimum atomic E-state index is -0.948. The van der Waals surface area contributed by atoms with Crippen molar-refractivity contribution in [1.82, 2.24) is 0 Å². The number of benzene rings is 2. The van der Waals surface area contributed by atoms with Gasteiger partial charge in [-0.15, -0.1) is 23.4 Å². The van der Waals surface area contributed by atoms with Crippen LogP contribution in [-0.2, 0) is 4.79 Å². The van der Waals surface area contributed by atoms with Crippen LogP contribution in [-0.4, -0.2) is 16.5 Å². The Balaban J connectivity index is 1.94. The minimum absolute atomic E-state index is 0.186. The second-order valence-corrected chi connectivity index (χ2v) is 6.50. The first kappa shape index (κ1) is 14.9. The van der Waals surface area contributed by atoms with Gasteiger partial charge in [0.15, 0.2) is 0 Å². The van der Waals surface area contributed by atoms with Gasteiger partial charge in [0.05, 0.1) is 0 Å². The van der Waals surface area contributed by atoms with Gasteiger partial charge in [-0.1, -0.05) is 36.4 Å². The third-order valence-corrected chi connectivity index (χ3v) is 4.55. The van der Waals surface area contributed by atoms with Crippen LogP contribution in [0.4, 0.5) is 5.69 Å². The SMILES string of the molecule is C[C@](Cl)(CSc1ccccc1)C(=O)Nc1ccccc1. The lowest BCUT2D eigenvalue weighted by atomic mass is 10.2. The van der Waals surface area contributed by atoms with Crippen molar-refractivity contribution in [2.45, 2.75) is 16.7 Å². The van der Waals surface area contributed by atoms with E-state index < -0.39 is 4.87 Å². The molecule has 1 atom stereocenters. The first-order valence-electron chi connectivity index (χ1n) is 6.31. The lowest BCUT2D eigenvalue weighted by Crippen LogP contribution is -2.37. The molecule has 0 saturated carbocycles. The van der Waals surface area contributed by atoms with Crippen LogP contribution in [0.3, 0.4) is 0 Å². The molecule has 2 aromatic rings. The highest BCUT2D eigenvalue weighted by Crippen LogP contribution is 2.27. The third kappa shape index (κ3) is 4.29. The first-order chi connectivity index (χ1) is 9.58. The van der Waals surface area contributed by atoms with E-state index in [-0.39, 0.29) is 5.91 Å². The summed E-state index contributed by atoms with van der Waals surface area (Å²) in [4.78, 5) is 12.4. The molecule has 0 fully saturated rings. The topological polar surface area (TPSA) is 29.1 Å². The van der Waals surface area contributed by atoms with Crippen LogP contribution in [0.1, 0.15) is 6.92 Å². The molecule has 0 bridgehead atoms. The Morgan fingerprint density at radius 3 is 2.25 bits per heavy atom. The van der Waals surface area contributed by atoms with Crippen LogP contribution in [0.2, 0.25) is 0 Å². The normalized spacial score (nSPS) is 13.5. The number of para-hydroxylation sites is 1. The Hall–Kier alpha value is -1.45. The van der Waals surface area contributed by atoms with Crippen molar-refractivity contribution < 1.29 is 4.79 Å². The monoisotopic (exact) mass is 305 g/mol. The highest BCUT2D eigenvalue weighted by atomic mass is 35.5. The van der Waals surface area contributed by atoms with Crippen LogP contribution >= 0.6 is 23.4 Å². The summed E-state index contributed by atoms with van der Waals surface area (Å²) >= 11 is 7.93. The van der Waals surface area contributed by atoms with Crippen LogP contribution in [0, 0.1) is 0 Å². The number of anilines is 1. The number of alkyl halides is 1. The number of halogens is 1. The molecule has 104 valence electrons. The highest BCUT2D eigenvalue weighted by molar-refractivity contribution is 7.99. The molecule has 0 aliphatic heterocycles. The number of carbonyl (C=O) groups excluding carboxylic acids is 1. The van der Waals surface area contributed by atoms with Gasteiger partial charge in [0, 0.05) is 16.3 Å². The summed E-state index contributed by atoms with van der Waals surface area (Å²) in [5, 5.41) is 2.83. The largest absolute Gasteiger partial charge is 0.325 e. The average molecular weight is 306 g/mol. The van der Waals surface area contributed by atoms with E-state index >= 15 is 0 Å². The molecular weight excluding hydrogens is 290 g/mol. The maximum absolute atomic E-state index is 12.2. The molecule has 0 aliphatic rings. The smallest absolute Gasteiger partial charge is 0.246 e. The standard InChI is InChI=1S/C16H16ClNOS/c1-16(17,12-20-14-10-6-3-7-11-14)15(19)18-13-8-4-2-5-9-13/h2-11H,12H2,1H3,(H,18,19)/t16-/m0/s1. The van der Waals surface area contributed by atoms with Crippen molar-refractivity contribution in [3.05, 3.63) is 60.7 Å². The predicted octanol–water partition coefficient (Wildman–Crippen LogP) is 4.41. The maximum Gasteiger partial charge on any atom is 0.246 e. The van der Waals surface area contributed by atoms with Crippen LogP contribution in [0.25, 0.3) is 0 Å². The number of nitrogens with one attached hydrogen (secondary N) is 1. The average Bonchev–Trinajstić information content (AvgIpc) is 2.47. The highest BCUT2D eigenvalue weighted by Gasteiger charge is 2.30. The molecule has 0 aliphatic carbocycles. The lowest BCUT2D eigenvalue weighted by Gasteiger charge is -2.20. The molecule has 0 heterocycles. The number of amides is 1. The van der Waals surface area contributed by atoms with E-state index in [1.807, 2.05) is 60.7 Å². The fourth-order valence-electron chi connectivity index (χ4n) is 1.58. The molecule has 0 spiro atoms. The van der Waals surface area contributed by atoms with E-state index in [9.17, 15) is 4.79 Å². The predicted molar refractivity (Wildman–Crippen MR) is 86.5 cm³/mol. The number of thioether (sulfide) groups is 1. The van der Waals surface area contributed by atoms with E-state index in [0.29, 0.717) is 5.75 Å². The molecular formula is C16H16ClNOS. The minimum Gasteiger partial charge on any atom is -0.325 e. The van der Waals surface area contributed by atoms with E-state index in [1.54, 1.807) is 18.7 Å². The molecule has 2 nitrogen and oxygen atoms in total. The molecule has 0 unspecified atom stereocenters. The van der Waals surface area contributed by atoms with Crippen LogP contribution in [0.5, 0.6) is 0 Å². The quantitative estimate of drug-likeness (QED) is 0.654. The van der Waals surface area contributed by atoms with Crippen molar-refractivity contribution in [2.24, 2.45) is 0 Å². The zero-order valence-corrected chi connectivity index (χ0v) is 12.7. The first-order valence-corrected chi connectivity index (χ1v) is 7.67. The fourth-order valence-corrected chi connectivity index (χ4v) is 2.71. The van der Waals surface area contributed by atoms with Crippen molar-refractivity contribution in [2.75, 3.05) is 11.1 Å². The molecule has 2 aromatic carbocycles. The van der Waals surface area contributed by atoms with Gasteiger partial charge in [-0.3, -0.25) is 4.79 Å². The Bertz CT molecular complexity index is 557. The fraction of sp³-hybridized carbons (Fsp3) is 0.188. The van der Waals surface area contributed by atoms with Crippen molar-refractivity contribution in [3.8, 4) is 0 Å². The van der Waals surface area contributed by atoms with Gasteiger partial charge in [0.2, 0.25) is 5.91 Å². The van der Waals surface area contributed by atoms with E-state index in [1.165, 1.54) is 0 Å². The van der Waals surface area contributed by atoms with Crippen LogP contribution in [0.15, 0.2) is 65.6 Å². The van der Waals surface area contributed by atoms with Crippen molar-refractivity contribution >= 4 is 35.0 Å². The molecule has 0 saturated heterocycles. The number of hydrogen-bond donors (Lipinski definition) is 1. The molecule has 1 N–H and O–H groups in total. The van der Waals surface area contributed by atoms with Gasteiger partial charge >= 0.3 is 0 Å². The Morgan fingerprint density at radius 2 is 1.65 bits per heavy atom. The third-order valence-electron chi connectivity index (χ3n) is 2.76. The van der Waals surface area contributed by atoms with Gasteiger partial charge in [0.1, 0.15) is 4.87 Å². The van der Waals surface area contributed by atoms with Gasteiger partial charge < -0.3 is 5.32 Å². The number of rotatable bonds is 5. The zero-order chi connectivity index (χ0) is 14.4. The van der Waals surface area contributed by atoms with E-state index in [0.717, 1.165) is 10.6 Å². The van der Waals surface area contributed by atoms with Crippen LogP contribution < -0.4 is 5.32 Å². The van der Waals surface area contributed by atoms with Crippen molar-refractivity contribution in [3.63, 3.8) is 0 Å². The summed E-state index contributed by atoms with van der Waals surface area (Å²) in [7, 11) is 0. The Kier molecular flexibility index (Phi) is 5.10. The zero-order valence-electron chi connectivity index (χ0n) is 11.2. The van der Waals surface area contributed by atoms with Gasteiger partial charge in [-0.05, 0) is 31.2 Å². The molecule has 20 heavy (non-hydrogen) atoms. The maximum atomic E-state index is 12.2. The van der Waals surface area contributed by atoms with E-state index in [2.05, 4.69) is 5.32 Å². The molecule has 0 aromatic heterocycles. The molecule has 2 rings (SSSR count). The summed E-state index contributed by atoms with van der Waals surface area (Å²) in [5.74, 6) is 0.325.